The summed E-state index contributed by atoms with van der Waals surface area (Å²) in [4.78, 5) is 25.1. The van der Waals surface area contributed by atoms with E-state index in [1.54, 1.807) is 6.08 Å². The van der Waals surface area contributed by atoms with Gasteiger partial charge in [-0.1, -0.05) is 66.4 Å². The number of carbonyl (C=O) groups excluding carboxylic acids is 1. The number of rotatable bonds is 6. The molecule has 0 aliphatic carbocycles. The number of thioether (sulfide) groups is 1. The Morgan fingerprint density at radius 2 is 1.89 bits per heavy atom. The number of ether oxygens (including phenoxy) is 1. The Hall–Kier alpha value is -2.64. The largest absolute Gasteiger partial charge is 0.489 e. The molecule has 0 aromatic heterocycles. The van der Waals surface area contributed by atoms with Gasteiger partial charge >= 0.3 is 5.97 Å². The van der Waals surface area contributed by atoms with Crippen molar-refractivity contribution in [1.29, 1.82) is 0 Å². The summed E-state index contributed by atoms with van der Waals surface area (Å²) in [5, 5.41) is 9.12. The van der Waals surface area contributed by atoms with Gasteiger partial charge in [-0.25, -0.2) is 4.79 Å². The highest BCUT2D eigenvalue weighted by molar-refractivity contribution is 8.26. The smallest absolute Gasteiger partial charge is 0.326 e. The summed E-state index contributed by atoms with van der Waals surface area (Å²) in [5.74, 6) is -0.750. The molecule has 1 aliphatic rings. The molecule has 1 fully saturated rings. The molecule has 138 valence electrons. The molecule has 1 heterocycles. The van der Waals surface area contributed by atoms with Crippen LogP contribution >= 0.6 is 24.0 Å². The zero-order valence-electron chi connectivity index (χ0n) is 14.5. The average molecular weight is 399 g/mol. The number of amides is 1. The molecule has 0 unspecified atom stereocenters. The van der Waals surface area contributed by atoms with Gasteiger partial charge in [-0.2, -0.15) is 0 Å². The highest BCUT2D eigenvalue weighted by Gasteiger charge is 2.38. The molecule has 1 atom stereocenters. The maximum Gasteiger partial charge on any atom is 0.326 e. The van der Waals surface area contributed by atoms with Gasteiger partial charge in [0.05, 0.1) is 4.91 Å². The number of nitrogens with zero attached hydrogens (tertiary/aromatic N) is 1. The summed E-state index contributed by atoms with van der Waals surface area (Å²) in [5.41, 5.74) is 1.89. The lowest BCUT2D eigenvalue weighted by atomic mass is 10.2. The van der Waals surface area contributed by atoms with Gasteiger partial charge in [-0.05, 0) is 36.3 Å². The fourth-order valence-electron chi connectivity index (χ4n) is 2.48. The summed E-state index contributed by atoms with van der Waals surface area (Å²) in [6.45, 7) is 1.92. The molecule has 1 saturated heterocycles. The summed E-state index contributed by atoms with van der Waals surface area (Å²) in [7, 11) is 0. The van der Waals surface area contributed by atoms with Crippen LogP contribution in [0.4, 0.5) is 0 Å². The average Bonchev–Trinajstić information content (AvgIpc) is 2.94. The van der Waals surface area contributed by atoms with Gasteiger partial charge in [0.2, 0.25) is 0 Å². The maximum absolute atomic E-state index is 12.5. The standard InChI is InChI=1S/C20H17NO4S2/c1-13(19(23)24)21-18(22)17(27-20(21)26)11-14-7-9-16(10-8-14)25-12-15-5-3-2-4-6-15/h2-11,13H,12H2,1H3,(H,23,24)/b17-11-/t13-/m0/s1. The van der Waals surface area contributed by atoms with E-state index in [2.05, 4.69) is 0 Å². The van der Waals surface area contributed by atoms with E-state index in [0.29, 0.717) is 11.5 Å². The first-order chi connectivity index (χ1) is 13.0. The van der Waals surface area contributed by atoms with Gasteiger partial charge < -0.3 is 9.84 Å². The maximum atomic E-state index is 12.5. The highest BCUT2D eigenvalue weighted by atomic mass is 32.2. The molecular weight excluding hydrogens is 382 g/mol. The Labute approximate surface area is 166 Å². The van der Waals surface area contributed by atoms with Crippen LogP contribution in [-0.2, 0) is 16.2 Å². The normalized spacial score (nSPS) is 16.6. The second-order valence-electron chi connectivity index (χ2n) is 5.91. The third-order valence-electron chi connectivity index (χ3n) is 3.99. The van der Waals surface area contributed by atoms with Crippen LogP contribution < -0.4 is 4.74 Å². The van der Waals surface area contributed by atoms with E-state index in [0.717, 1.165) is 33.5 Å². The van der Waals surface area contributed by atoms with Gasteiger partial charge in [-0.15, -0.1) is 0 Å². The van der Waals surface area contributed by atoms with E-state index in [-0.39, 0.29) is 10.2 Å². The summed E-state index contributed by atoms with van der Waals surface area (Å²) in [6, 6.07) is 16.2. The van der Waals surface area contributed by atoms with E-state index < -0.39 is 12.0 Å². The number of carbonyl (C=O) groups is 2. The van der Waals surface area contributed by atoms with Crippen molar-refractivity contribution in [2.24, 2.45) is 0 Å². The number of carboxylic acids is 1. The van der Waals surface area contributed by atoms with Crippen LogP contribution in [0.3, 0.4) is 0 Å². The van der Waals surface area contributed by atoms with E-state index in [1.165, 1.54) is 6.92 Å². The molecule has 5 nitrogen and oxygen atoms in total. The molecule has 0 saturated carbocycles. The quantitative estimate of drug-likeness (QED) is 0.586. The number of aliphatic carboxylic acids is 1. The van der Waals surface area contributed by atoms with Crippen LogP contribution in [0.5, 0.6) is 5.75 Å². The highest BCUT2D eigenvalue weighted by Crippen LogP contribution is 2.34. The second kappa shape index (κ2) is 8.37. The molecule has 1 amide bonds. The number of thiocarbonyl (C=S) groups is 1. The summed E-state index contributed by atoms with van der Waals surface area (Å²) in [6.07, 6.45) is 1.70. The molecule has 27 heavy (non-hydrogen) atoms. The van der Waals surface area contributed by atoms with Gasteiger partial charge in [0.1, 0.15) is 22.7 Å². The monoisotopic (exact) mass is 399 g/mol. The fraction of sp³-hybridized carbons (Fsp3) is 0.150. The molecule has 3 rings (SSSR count). The lowest BCUT2D eigenvalue weighted by Gasteiger charge is -2.18. The van der Waals surface area contributed by atoms with Gasteiger partial charge in [-0.3, -0.25) is 9.69 Å². The van der Waals surface area contributed by atoms with Crippen molar-refractivity contribution in [1.82, 2.24) is 4.90 Å². The topological polar surface area (TPSA) is 66.8 Å². The van der Waals surface area contributed by atoms with Crippen molar-refractivity contribution in [2.45, 2.75) is 19.6 Å². The Kier molecular flexibility index (Phi) is 5.93. The molecule has 7 heteroatoms. The van der Waals surface area contributed by atoms with Crippen LogP contribution in [0, 0.1) is 0 Å². The van der Waals surface area contributed by atoms with Crippen LogP contribution in [-0.4, -0.2) is 32.2 Å². The third-order valence-corrected chi connectivity index (χ3v) is 5.32. The van der Waals surface area contributed by atoms with Crippen molar-refractivity contribution in [2.75, 3.05) is 0 Å². The van der Waals surface area contributed by atoms with Crippen molar-refractivity contribution < 1.29 is 19.4 Å². The van der Waals surface area contributed by atoms with Crippen LogP contribution in [0.15, 0.2) is 59.5 Å². The van der Waals surface area contributed by atoms with E-state index in [1.807, 2.05) is 54.6 Å². The number of hydrogen-bond acceptors (Lipinski definition) is 5. The number of carboxylic acid groups (broad SMARTS) is 1. The van der Waals surface area contributed by atoms with Crippen molar-refractivity contribution in [3.63, 3.8) is 0 Å². The van der Waals surface area contributed by atoms with Gasteiger partial charge in [0, 0.05) is 0 Å². The lowest BCUT2D eigenvalue weighted by molar-refractivity contribution is -0.144. The third kappa shape index (κ3) is 4.56. The molecule has 0 bridgehead atoms. The lowest BCUT2D eigenvalue weighted by Crippen LogP contribution is -2.41. The predicted octanol–water partition coefficient (Wildman–Crippen LogP) is 3.94. The molecule has 0 spiro atoms. The molecule has 1 aliphatic heterocycles. The van der Waals surface area contributed by atoms with E-state index in [4.69, 9.17) is 22.1 Å². The van der Waals surface area contributed by atoms with Crippen LogP contribution in [0.1, 0.15) is 18.1 Å². The van der Waals surface area contributed by atoms with Gasteiger partial charge in [0.25, 0.3) is 5.91 Å². The first kappa shape index (κ1) is 19.1. The minimum Gasteiger partial charge on any atom is -0.489 e. The molecule has 2 aromatic carbocycles. The summed E-state index contributed by atoms with van der Waals surface area (Å²) < 4.78 is 6.00. The first-order valence-corrected chi connectivity index (χ1v) is 9.45. The Morgan fingerprint density at radius 3 is 2.52 bits per heavy atom. The zero-order valence-corrected chi connectivity index (χ0v) is 16.1. The van der Waals surface area contributed by atoms with Crippen LogP contribution in [0.2, 0.25) is 0 Å². The predicted molar refractivity (Wildman–Crippen MR) is 109 cm³/mol. The molecule has 2 aromatic rings. The van der Waals surface area contributed by atoms with Crippen LogP contribution in [0.25, 0.3) is 6.08 Å². The Bertz CT molecular complexity index is 894. The van der Waals surface area contributed by atoms with Gasteiger partial charge in [0.15, 0.2) is 0 Å². The van der Waals surface area contributed by atoms with Crippen molar-refractivity contribution in [3.8, 4) is 5.75 Å². The van der Waals surface area contributed by atoms with E-state index >= 15 is 0 Å². The zero-order chi connectivity index (χ0) is 19.4. The number of hydrogen-bond donors (Lipinski definition) is 1. The van der Waals surface area contributed by atoms with Crippen molar-refractivity contribution in [3.05, 3.63) is 70.6 Å². The second-order valence-corrected chi connectivity index (χ2v) is 7.58. The minimum absolute atomic E-state index is 0.254. The number of benzene rings is 2. The molecular formula is C20H17NO4S2. The SMILES string of the molecule is C[C@@H](C(=O)O)N1C(=O)/C(=C/c2ccc(OCc3ccccc3)cc2)SC1=S. The summed E-state index contributed by atoms with van der Waals surface area (Å²) >= 11 is 6.26. The Morgan fingerprint density at radius 1 is 1.22 bits per heavy atom. The minimum atomic E-state index is -1.09. The molecule has 1 N–H and O–H groups in total. The van der Waals surface area contributed by atoms with Crippen molar-refractivity contribution >= 4 is 46.3 Å². The Balaban J connectivity index is 1.68. The molecule has 0 radical (unpaired) electrons. The van der Waals surface area contributed by atoms with E-state index in [9.17, 15) is 9.59 Å². The first-order valence-electron chi connectivity index (χ1n) is 8.22. The fourth-order valence-corrected chi connectivity index (χ4v) is 3.90.